The third kappa shape index (κ3) is 3.14. The normalized spacial score (nSPS) is 14.7. The molecule has 0 amide bonds. The zero-order valence-electron chi connectivity index (χ0n) is 12.6. The van der Waals surface area contributed by atoms with Gasteiger partial charge in [0.05, 0.1) is 6.54 Å². The number of fused-ring (bicyclic) bond motifs is 1. The summed E-state index contributed by atoms with van der Waals surface area (Å²) in [5.41, 5.74) is 3.69. The van der Waals surface area contributed by atoms with E-state index in [1.54, 1.807) is 0 Å². The van der Waals surface area contributed by atoms with Crippen LogP contribution < -0.4 is 0 Å². The molecule has 1 aliphatic heterocycles. The van der Waals surface area contributed by atoms with Crippen molar-refractivity contribution in [2.24, 2.45) is 0 Å². The van der Waals surface area contributed by atoms with Crippen LogP contribution in [0.1, 0.15) is 17.0 Å². The van der Waals surface area contributed by atoms with Crippen molar-refractivity contribution in [1.82, 2.24) is 15.0 Å². The maximum Gasteiger partial charge on any atom is 0.241 e. The molecule has 0 N–H and O–H groups in total. The first-order valence-corrected chi connectivity index (χ1v) is 8.03. The van der Waals surface area contributed by atoms with Gasteiger partial charge < -0.3 is 4.52 Å². The van der Waals surface area contributed by atoms with Gasteiger partial charge in [0.2, 0.25) is 11.7 Å². The van der Waals surface area contributed by atoms with E-state index in [-0.39, 0.29) is 0 Å². The van der Waals surface area contributed by atoms with Gasteiger partial charge in [-0.05, 0) is 29.7 Å². The molecule has 0 saturated heterocycles. The summed E-state index contributed by atoms with van der Waals surface area (Å²) in [6, 6.07) is 16.1. The maximum atomic E-state index is 6.01. The molecule has 4 rings (SSSR count). The van der Waals surface area contributed by atoms with Gasteiger partial charge in [0, 0.05) is 23.7 Å². The van der Waals surface area contributed by atoms with E-state index in [9.17, 15) is 0 Å². The summed E-state index contributed by atoms with van der Waals surface area (Å²) in [7, 11) is 0. The number of hydrogen-bond acceptors (Lipinski definition) is 4. The van der Waals surface area contributed by atoms with Crippen LogP contribution in [0.15, 0.2) is 53.1 Å². The summed E-state index contributed by atoms with van der Waals surface area (Å²) >= 11 is 6.01. The second-order valence-electron chi connectivity index (χ2n) is 5.75. The summed E-state index contributed by atoms with van der Waals surface area (Å²) in [6.45, 7) is 2.60. The molecule has 0 fully saturated rings. The van der Waals surface area contributed by atoms with Crippen LogP contribution in [0.3, 0.4) is 0 Å². The van der Waals surface area contributed by atoms with E-state index in [0.717, 1.165) is 25.1 Å². The Hall–Kier alpha value is -2.17. The molecule has 116 valence electrons. The molecular weight excluding hydrogens is 310 g/mol. The number of halogens is 1. The monoisotopic (exact) mass is 325 g/mol. The summed E-state index contributed by atoms with van der Waals surface area (Å²) in [5.74, 6) is 1.22. The summed E-state index contributed by atoms with van der Waals surface area (Å²) in [5, 5.41) is 4.73. The topological polar surface area (TPSA) is 42.2 Å². The Morgan fingerprint density at radius 1 is 1.09 bits per heavy atom. The van der Waals surface area contributed by atoms with Crippen molar-refractivity contribution in [3.63, 3.8) is 0 Å². The quantitative estimate of drug-likeness (QED) is 0.731. The predicted octanol–water partition coefficient (Wildman–Crippen LogP) is 3.95. The van der Waals surface area contributed by atoms with Crippen LogP contribution in [0.2, 0.25) is 5.02 Å². The van der Waals surface area contributed by atoms with E-state index < -0.39 is 0 Å². The first kappa shape index (κ1) is 14.4. The van der Waals surface area contributed by atoms with Crippen molar-refractivity contribution < 1.29 is 4.52 Å². The smallest absolute Gasteiger partial charge is 0.241 e. The van der Waals surface area contributed by atoms with Gasteiger partial charge in [0.1, 0.15) is 0 Å². The van der Waals surface area contributed by atoms with Gasteiger partial charge in [-0.15, -0.1) is 0 Å². The zero-order valence-corrected chi connectivity index (χ0v) is 13.3. The van der Waals surface area contributed by atoms with Crippen molar-refractivity contribution in [3.05, 3.63) is 70.6 Å². The highest BCUT2D eigenvalue weighted by Gasteiger charge is 2.18. The van der Waals surface area contributed by atoms with Crippen LogP contribution in [-0.2, 0) is 19.5 Å². The third-order valence-electron chi connectivity index (χ3n) is 4.12. The molecule has 0 atom stereocenters. The molecule has 3 aromatic rings. The van der Waals surface area contributed by atoms with Crippen molar-refractivity contribution in [2.45, 2.75) is 19.5 Å². The maximum absolute atomic E-state index is 6.01. The summed E-state index contributed by atoms with van der Waals surface area (Å²) in [4.78, 5) is 6.82. The van der Waals surface area contributed by atoms with E-state index >= 15 is 0 Å². The summed E-state index contributed by atoms with van der Waals surface area (Å²) in [6.07, 6.45) is 1.06. The van der Waals surface area contributed by atoms with Crippen LogP contribution in [-0.4, -0.2) is 21.6 Å². The van der Waals surface area contributed by atoms with Crippen molar-refractivity contribution in [1.29, 1.82) is 0 Å². The SMILES string of the molecule is Clc1cccc(-c2noc(CN3CCc4ccccc4C3)n2)c1. The van der Waals surface area contributed by atoms with Crippen LogP contribution in [0.4, 0.5) is 0 Å². The van der Waals surface area contributed by atoms with Crippen molar-refractivity contribution >= 4 is 11.6 Å². The van der Waals surface area contributed by atoms with Crippen LogP contribution in [0.5, 0.6) is 0 Å². The minimum Gasteiger partial charge on any atom is -0.338 e. The van der Waals surface area contributed by atoms with E-state index in [2.05, 4.69) is 39.3 Å². The van der Waals surface area contributed by atoms with Gasteiger partial charge in [-0.25, -0.2) is 0 Å². The highest BCUT2D eigenvalue weighted by atomic mass is 35.5. The van der Waals surface area contributed by atoms with E-state index in [1.807, 2.05) is 24.3 Å². The lowest BCUT2D eigenvalue weighted by Crippen LogP contribution is -2.30. The lowest BCUT2D eigenvalue weighted by atomic mass is 10.00. The predicted molar refractivity (Wildman–Crippen MR) is 89.0 cm³/mol. The first-order valence-electron chi connectivity index (χ1n) is 7.65. The second-order valence-corrected chi connectivity index (χ2v) is 6.19. The Balaban J connectivity index is 1.48. The number of rotatable bonds is 3. The highest BCUT2D eigenvalue weighted by molar-refractivity contribution is 6.30. The van der Waals surface area contributed by atoms with Crippen molar-refractivity contribution in [2.75, 3.05) is 6.54 Å². The molecule has 1 aliphatic rings. The minimum absolute atomic E-state index is 0.583. The molecule has 1 aromatic heterocycles. The Bertz CT molecular complexity index is 830. The standard InChI is InChI=1S/C18H16ClN3O/c19-16-7-3-6-14(10-16)18-20-17(23-21-18)12-22-9-8-13-4-1-2-5-15(13)11-22/h1-7,10H,8-9,11-12H2. The number of hydrogen-bond donors (Lipinski definition) is 0. The van der Waals surface area contributed by atoms with E-state index in [1.165, 1.54) is 11.1 Å². The molecule has 0 bridgehead atoms. The number of aromatic nitrogens is 2. The Labute approximate surface area is 139 Å². The van der Waals surface area contributed by atoms with Crippen LogP contribution in [0.25, 0.3) is 11.4 Å². The second kappa shape index (κ2) is 6.14. The molecule has 0 spiro atoms. The van der Waals surface area contributed by atoms with Gasteiger partial charge in [-0.3, -0.25) is 4.90 Å². The fraction of sp³-hybridized carbons (Fsp3) is 0.222. The van der Waals surface area contributed by atoms with Crippen molar-refractivity contribution in [3.8, 4) is 11.4 Å². The fourth-order valence-corrected chi connectivity index (χ4v) is 3.13. The van der Waals surface area contributed by atoms with Gasteiger partial charge in [-0.2, -0.15) is 4.98 Å². The first-order chi connectivity index (χ1) is 11.3. The number of benzene rings is 2. The van der Waals surface area contributed by atoms with Gasteiger partial charge in [0.15, 0.2) is 0 Å². The van der Waals surface area contributed by atoms with E-state index in [4.69, 9.17) is 16.1 Å². The molecule has 2 aromatic carbocycles. The average molecular weight is 326 g/mol. The Kier molecular flexibility index (Phi) is 3.85. The summed E-state index contributed by atoms with van der Waals surface area (Å²) < 4.78 is 5.40. The zero-order chi connectivity index (χ0) is 15.6. The van der Waals surface area contributed by atoms with Gasteiger partial charge >= 0.3 is 0 Å². The average Bonchev–Trinajstić information content (AvgIpc) is 3.03. The molecule has 0 unspecified atom stereocenters. The molecule has 0 saturated carbocycles. The van der Waals surface area contributed by atoms with Crippen LogP contribution in [0, 0.1) is 0 Å². The molecule has 0 radical (unpaired) electrons. The third-order valence-corrected chi connectivity index (χ3v) is 4.35. The molecule has 4 nitrogen and oxygen atoms in total. The Morgan fingerprint density at radius 3 is 2.83 bits per heavy atom. The van der Waals surface area contributed by atoms with E-state index in [0.29, 0.717) is 23.3 Å². The highest BCUT2D eigenvalue weighted by Crippen LogP contribution is 2.22. The fourth-order valence-electron chi connectivity index (χ4n) is 2.94. The van der Waals surface area contributed by atoms with Gasteiger partial charge in [0.25, 0.3) is 0 Å². The minimum atomic E-state index is 0.583. The molecule has 2 heterocycles. The Morgan fingerprint density at radius 2 is 1.96 bits per heavy atom. The number of nitrogens with zero attached hydrogens (tertiary/aromatic N) is 3. The largest absolute Gasteiger partial charge is 0.338 e. The molecule has 0 aliphatic carbocycles. The van der Waals surface area contributed by atoms with Crippen LogP contribution >= 0.6 is 11.6 Å². The lowest BCUT2D eigenvalue weighted by molar-refractivity contribution is 0.210. The molecule has 5 heteroatoms. The lowest BCUT2D eigenvalue weighted by Gasteiger charge is -2.27. The molecule has 23 heavy (non-hydrogen) atoms. The van der Waals surface area contributed by atoms with Gasteiger partial charge in [-0.1, -0.05) is 53.2 Å². The molecular formula is C18H16ClN3O.